The second-order valence-corrected chi connectivity index (χ2v) is 8.37. The second-order valence-electron chi connectivity index (χ2n) is 6.28. The van der Waals surface area contributed by atoms with Gasteiger partial charge in [0.05, 0.1) is 19.0 Å². The van der Waals surface area contributed by atoms with Crippen LogP contribution in [0.25, 0.3) is 0 Å². The number of carbonyl (C=O) groups is 1. The summed E-state index contributed by atoms with van der Waals surface area (Å²) in [5.41, 5.74) is 0. The molecule has 1 aliphatic heterocycles. The molecule has 154 valence electrons. The summed E-state index contributed by atoms with van der Waals surface area (Å²) in [7, 11) is 0.499. The molecule has 0 radical (unpaired) electrons. The molecule has 1 aliphatic rings. The third kappa shape index (κ3) is 9.14. The lowest BCUT2D eigenvalue weighted by molar-refractivity contribution is -0.122. The van der Waals surface area contributed by atoms with Gasteiger partial charge < -0.3 is 19.5 Å². The van der Waals surface area contributed by atoms with E-state index in [1.54, 1.807) is 0 Å². The Morgan fingerprint density at radius 1 is 1.37 bits per heavy atom. The first-order chi connectivity index (χ1) is 12.8. The molecule has 1 aromatic rings. The molecule has 2 rings (SSSR count). The molecular formula is C17H27FN2O6S. The Balaban J connectivity index is 0.00000114. The number of hydrogen-bond acceptors (Lipinski definition) is 6. The number of ether oxygens (including phenoxy) is 2. The third-order valence-electron chi connectivity index (χ3n) is 3.74. The lowest BCUT2D eigenvalue weighted by atomic mass is 10.1. The zero-order valence-corrected chi connectivity index (χ0v) is 16.4. The van der Waals surface area contributed by atoms with Crippen LogP contribution in [0, 0.1) is 11.7 Å². The molecule has 1 fully saturated rings. The Bertz CT molecular complexity index is 654. The van der Waals surface area contributed by atoms with Crippen LogP contribution in [0.5, 0.6) is 5.75 Å². The molecule has 1 heterocycles. The van der Waals surface area contributed by atoms with Crippen LogP contribution in [0.15, 0.2) is 24.3 Å². The zero-order valence-electron chi connectivity index (χ0n) is 15.6. The van der Waals surface area contributed by atoms with Crippen LogP contribution in [-0.2, 0) is 19.6 Å². The summed E-state index contributed by atoms with van der Waals surface area (Å²) >= 11 is 0. The average molecular weight is 406 g/mol. The summed E-state index contributed by atoms with van der Waals surface area (Å²) in [5, 5.41) is 6.89. The molecule has 0 amide bonds. The van der Waals surface area contributed by atoms with E-state index < -0.39 is 10.0 Å². The van der Waals surface area contributed by atoms with Crippen LogP contribution in [0.2, 0.25) is 0 Å². The highest BCUT2D eigenvalue weighted by molar-refractivity contribution is 7.89. The van der Waals surface area contributed by atoms with E-state index in [0.29, 0.717) is 32.1 Å². The first-order valence-electron chi connectivity index (χ1n) is 8.45. The molecular weight excluding hydrogens is 379 g/mol. The fourth-order valence-corrected chi connectivity index (χ4v) is 4.00. The highest BCUT2D eigenvalue weighted by atomic mass is 32.2. The summed E-state index contributed by atoms with van der Waals surface area (Å²) in [6, 6.07) is 5.52. The van der Waals surface area contributed by atoms with Crippen molar-refractivity contribution in [3.05, 3.63) is 30.1 Å². The summed E-state index contributed by atoms with van der Waals surface area (Å²) in [4.78, 5) is 10.4. The molecule has 0 aliphatic carbocycles. The van der Waals surface area contributed by atoms with Crippen LogP contribution in [0.1, 0.15) is 0 Å². The van der Waals surface area contributed by atoms with E-state index in [9.17, 15) is 12.8 Å². The quantitative estimate of drug-likeness (QED) is 0.668. The largest absolute Gasteiger partial charge is 0.492 e. The van der Waals surface area contributed by atoms with Gasteiger partial charge in [-0.2, -0.15) is 4.31 Å². The molecule has 8 nitrogen and oxygen atoms in total. The molecule has 1 aromatic carbocycles. The molecule has 1 N–H and O–H groups in total. The number of rotatable bonds is 7. The normalized spacial score (nSPS) is 18.3. The fraction of sp³-hybridized carbons (Fsp3) is 0.588. The highest BCUT2D eigenvalue weighted by Gasteiger charge is 2.28. The van der Waals surface area contributed by atoms with Crippen molar-refractivity contribution in [1.82, 2.24) is 9.21 Å². The van der Waals surface area contributed by atoms with Crippen molar-refractivity contribution in [3.63, 3.8) is 0 Å². The maximum atomic E-state index is 12.8. The summed E-state index contributed by atoms with van der Waals surface area (Å²) in [6.45, 7) is 2.35. The smallest absolute Gasteiger partial charge is 0.290 e. The predicted molar refractivity (Wildman–Crippen MR) is 98.8 cm³/mol. The Morgan fingerprint density at radius 3 is 2.59 bits per heavy atom. The third-order valence-corrected chi connectivity index (χ3v) is 5.54. The topological polar surface area (TPSA) is 96.4 Å². The zero-order chi connectivity index (χ0) is 20.3. The van der Waals surface area contributed by atoms with E-state index in [-0.39, 0.29) is 30.6 Å². The van der Waals surface area contributed by atoms with Crippen molar-refractivity contribution in [1.29, 1.82) is 0 Å². The van der Waals surface area contributed by atoms with Gasteiger partial charge in [-0.3, -0.25) is 4.79 Å². The molecule has 10 heteroatoms. The van der Waals surface area contributed by atoms with E-state index in [1.165, 1.54) is 28.6 Å². The van der Waals surface area contributed by atoms with Gasteiger partial charge in [0.2, 0.25) is 10.0 Å². The fourth-order valence-electron chi connectivity index (χ4n) is 2.65. The van der Waals surface area contributed by atoms with Gasteiger partial charge >= 0.3 is 0 Å². The van der Waals surface area contributed by atoms with Crippen molar-refractivity contribution in [2.75, 3.05) is 59.3 Å². The maximum absolute atomic E-state index is 12.8. The first kappa shape index (κ1) is 23.3. The Hall–Kier alpha value is -1.75. The van der Waals surface area contributed by atoms with Crippen molar-refractivity contribution < 1.29 is 32.2 Å². The van der Waals surface area contributed by atoms with E-state index >= 15 is 0 Å². The van der Waals surface area contributed by atoms with Gasteiger partial charge in [0.1, 0.15) is 18.2 Å². The van der Waals surface area contributed by atoms with Gasteiger partial charge in [-0.05, 0) is 38.4 Å². The lowest BCUT2D eigenvalue weighted by Gasteiger charge is -2.24. The maximum Gasteiger partial charge on any atom is 0.290 e. The van der Waals surface area contributed by atoms with Crippen molar-refractivity contribution in [2.24, 2.45) is 5.92 Å². The minimum atomic E-state index is -3.42. The number of nitrogens with zero attached hydrogens (tertiary/aromatic N) is 2. The van der Waals surface area contributed by atoms with Crippen LogP contribution >= 0.6 is 0 Å². The molecule has 0 aromatic heterocycles. The number of benzene rings is 1. The minimum Gasteiger partial charge on any atom is -0.492 e. The SMILES string of the molecule is CN(C)CC1COCCN(S(=O)(=O)CCOc2ccc(F)cc2)C1.O=CO. The monoisotopic (exact) mass is 406 g/mol. The molecule has 0 saturated carbocycles. The van der Waals surface area contributed by atoms with Gasteiger partial charge in [0, 0.05) is 25.6 Å². The molecule has 1 unspecified atom stereocenters. The Labute approximate surface area is 159 Å². The number of hydrogen-bond donors (Lipinski definition) is 1. The van der Waals surface area contributed by atoms with Crippen molar-refractivity contribution in [3.8, 4) is 5.75 Å². The highest BCUT2D eigenvalue weighted by Crippen LogP contribution is 2.14. The molecule has 1 atom stereocenters. The first-order valence-corrected chi connectivity index (χ1v) is 10.1. The molecule has 0 spiro atoms. The molecule has 27 heavy (non-hydrogen) atoms. The Morgan fingerprint density at radius 2 is 2.00 bits per heavy atom. The van der Waals surface area contributed by atoms with Crippen LogP contribution < -0.4 is 4.74 Å². The summed E-state index contributed by atoms with van der Waals surface area (Å²) in [6.07, 6.45) is 0. The predicted octanol–water partition coefficient (Wildman–Crippen LogP) is 0.745. The van der Waals surface area contributed by atoms with Crippen LogP contribution in [-0.4, -0.2) is 88.5 Å². The van der Waals surface area contributed by atoms with Crippen molar-refractivity contribution in [2.45, 2.75) is 0 Å². The van der Waals surface area contributed by atoms with E-state index in [1.807, 2.05) is 19.0 Å². The standard InChI is InChI=1S/C16H25FN2O4S.CH2O2/c1-18(2)11-14-12-19(7-8-22-13-14)24(20,21)10-9-23-16-5-3-15(17)4-6-16;2-1-3/h3-6,14H,7-13H2,1-2H3;1H,(H,2,3). The number of halogens is 1. The molecule has 1 saturated heterocycles. The Kier molecular flexibility index (Phi) is 10.2. The van der Waals surface area contributed by atoms with Crippen LogP contribution in [0.4, 0.5) is 4.39 Å². The molecule has 0 bridgehead atoms. The van der Waals surface area contributed by atoms with E-state index in [2.05, 4.69) is 0 Å². The van der Waals surface area contributed by atoms with E-state index in [4.69, 9.17) is 19.4 Å². The van der Waals surface area contributed by atoms with Crippen molar-refractivity contribution >= 4 is 16.5 Å². The van der Waals surface area contributed by atoms with Gasteiger partial charge in [-0.15, -0.1) is 0 Å². The van der Waals surface area contributed by atoms with Gasteiger partial charge in [-0.1, -0.05) is 0 Å². The van der Waals surface area contributed by atoms with Crippen LogP contribution in [0.3, 0.4) is 0 Å². The number of sulfonamides is 1. The second kappa shape index (κ2) is 11.9. The van der Waals surface area contributed by atoms with Gasteiger partial charge in [-0.25, -0.2) is 12.8 Å². The van der Waals surface area contributed by atoms with Gasteiger partial charge in [0.25, 0.3) is 6.47 Å². The van der Waals surface area contributed by atoms with Gasteiger partial charge in [0.15, 0.2) is 0 Å². The lowest BCUT2D eigenvalue weighted by Crippen LogP contribution is -2.40. The summed E-state index contributed by atoms with van der Waals surface area (Å²) < 4.78 is 50.3. The minimum absolute atomic E-state index is 0.0314. The average Bonchev–Trinajstić information content (AvgIpc) is 2.83. The number of carboxylic acid groups (broad SMARTS) is 1. The summed E-state index contributed by atoms with van der Waals surface area (Å²) in [5.74, 6) is 0.136. The van der Waals surface area contributed by atoms with E-state index in [0.717, 1.165) is 6.54 Å².